The standard InChI is InChI=1S/C6H12ClNOS/c1-2-5-10-6(9)8-4-3-7/h2-5H2,1H3,(H,8,9). The lowest BCUT2D eigenvalue weighted by Crippen LogP contribution is -2.20. The summed E-state index contributed by atoms with van der Waals surface area (Å²) in [6, 6.07) is 0. The Bertz CT molecular complexity index is 89.7. The molecule has 1 amide bonds. The van der Waals surface area contributed by atoms with Crippen molar-refractivity contribution in [3.05, 3.63) is 0 Å². The van der Waals surface area contributed by atoms with E-state index in [1.165, 1.54) is 11.8 Å². The van der Waals surface area contributed by atoms with Crippen molar-refractivity contribution in [3.63, 3.8) is 0 Å². The fourth-order valence-corrected chi connectivity index (χ4v) is 1.08. The number of halogens is 1. The Morgan fingerprint density at radius 2 is 2.40 bits per heavy atom. The maximum Gasteiger partial charge on any atom is 0.279 e. The summed E-state index contributed by atoms with van der Waals surface area (Å²) in [5.74, 6) is 1.37. The molecule has 0 aliphatic rings. The third-order valence-electron chi connectivity index (χ3n) is 0.801. The van der Waals surface area contributed by atoms with Crippen LogP contribution in [0.1, 0.15) is 13.3 Å². The predicted octanol–water partition coefficient (Wildman–Crippen LogP) is 2.08. The summed E-state index contributed by atoms with van der Waals surface area (Å²) in [7, 11) is 0. The van der Waals surface area contributed by atoms with Crippen LogP contribution in [-0.2, 0) is 0 Å². The first kappa shape index (κ1) is 10.1. The maximum absolute atomic E-state index is 10.8. The van der Waals surface area contributed by atoms with Gasteiger partial charge in [-0.15, -0.1) is 11.6 Å². The van der Waals surface area contributed by atoms with E-state index in [4.69, 9.17) is 11.6 Å². The van der Waals surface area contributed by atoms with Gasteiger partial charge in [-0.3, -0.25) is 4.79 Å². The van der Waals surface area contributed by atoms with E-state index in [-0.39, 0.29) is 5.24 Å². The molecule has 0 fully saturated rings. The number of nitrogens with one attached hydrogen (secondary N) is 1. The summed E-state index contributed by atoms with van der Waals surface area (Å²) in [6.07, 6.45) is 1.03. The molecule has 10 heavy (non-hydrogen) atoms. The molecule has 0 aromatic carbocycles. The molecule has 0 aliphatic carbocycles. The van der Waals surface area contributed by atoms with Gasteiger partial charge in [-0.1, -0.05) is 18.7 Å². The molecule has 0 bridgehead atoms. The lowest BCUT2D eigenvalue weighted by atomic mass is 10.6. The van der Waals surface area contributed by atoms with Crippen molar-refractivity contribution in [3.8, 4) is 0 Å². The number of alkyl halides is 1. The Labute approximate surface area is 70.7 Å². The number of carbonyl (C=O) groups is 1. The first-order valence-corrected chi connectivity index (χ1v) is 4.79. The minimum absolute atomic E-state index is 0.0301. The average Bonchev–Trinajstić information content (AvgIpc) is 1.97. The second-order valence-corrected chi connectivity index (χ2v) is 3.20. The minimum Gasteiger partial charge on any atom is -0.346 e. The zero-order valence-corrected chi connectivity index (χ0v) is 7.60. The third-order valence-corrected chi connectivity index (χ3v) is 2.01. The number of carbonyl (C=O) groups excluding carboxylic acids is 1. The first-order chi connectivity index (χ1) is 4.81. The molecule has 0 unspecified atom stereocenters. The quantitative estimate of drug-likeness (QED) is 0.673. The molecule has 0 saturated carbocycles. The highest BCUT2D eigenvalue weighted by molar-refractivity contribution is 8.13. The normalized spacial score (nSPS) is 9.40. The van der Waals surface area contributed by atoms with Gasteiger partial charge in [0, 0.05) is 18.2 Å². The van der Waals surface area contributed by atoms with E-state index in [1.54, 1.807) is 0 Å². The fourth-order valence-electron chi connectivity index (χ4n) is 0.395. The molecule has 60 valence electrons. The summed E-state index contributed by atoms with van der Waals surface area (Å²) in [5, 5.41) is 2.69. The van der Waals surface area contributed by atoms with Crippen LogP contribution in [-0.4, -0.2) is 23.4 Å². The van der Waals surface area contributed by atoms with Crippen LogP contribution in [0.3, 0.4) is 0 Å². The molecule has 0 aromatic heterocycles. The molecule has 0 aromatic rings. The van der Waals surface area contributed by atoms with Crippen LogP contribution < -0.4 is 5.32 Å². The second-order valence-electron chi connectivity index (χ2n) is 1.75. The van der Waals surface area contributed by atoms with Gasteiger partial charge in [0.05, 0.1) is 0 Å². The summed E-state index contributed by atoms with van der Waals surface area (Å²) < 4.78 is 0. The van der Waals surface area contributed by atoms with Crippen molar-refractivity contribution in [2.45, 2.75) is 13.3 Å². The van der Waals surface area contributed by atoms with Gasteiger partial charge in [-0.25, -0.2) is 0 Å². The molecule has 0 spiro atoms. The van der Waals surface area contributed by atoms with E-state index >= 15 is 0 Å². The van der Waals surface area contributed by atoms with E-state index in [1.807, 2.05) is 6.92 Å². The Morgan fingerprint density at radius 3 is 2.90 bits per heavy atom. The maximum atomic E-state index is 10.8. The molecule has 0 heterocycles. The zero-order chi connectivity index (χ0) is 7.82. The van der Waals surface area contributed by atoms with Crippen molar-refractivity contribution in [2.75, 3.05) is 18.2 Å². The van der Waals surface area contributed by atoms with Gasteiger partial charge < -0.3 is 5.32 Å². The zero-order valence-electron chi connectivity index (χ0n) is 6.02. The number of rotatable bonds is 4. The highest BCUT2D eigenvalue weighted by Crippen LogP contribution is 2.01. The fraction of sp³-hybridized carbons (Fsp3) is 0.833. The van der Waals surface area contributed by atoms with E-state index < -0.39 is 0 Å². The van der Waals surface area contributed by atoms with E-state index in [0.717, 1.165) is 12.2 Å². The third kappa shape index (κ3) is 6.23. The minimum atomic E-state index is 0.0301. The first-order valence-electron chi connectivity index (χ1n) is 3.27. The molecule has 0 rings (SSSR count). The predicted molar refractivity (Wildman–Crippen MR) is 46.9 cm³/mol. The Morgan fingerprint density at radius 1 is 1.70 bits per heavy atom. The van der Waals surface area contributed by atoms with Gasteiger partial charge in [-0.05, 0) is 6.42 Å². The smallest absolute Gasteiger partial charge is 0.279 e. The molecule has 0 saturated heterocycles. The van der Waals surface area contributed by atoms with Crippen LogP contribution in [0, 0.1) is 0 Å². The lowest BCUT2D eigenvalue weighted by Gasteiger charge is -1.99. The van der Waals surface area contributed by atoms with Crippen molar-refractivity contribution >= 4 is 28.6 Å². The summed E-state index contributed by atoms with van der Waals surface area (Å²) in [4.78, 5) is 10.8. The van der Waals surface area contributed by atoms with Crippen LogP contribution >= 0.6 is 23.4 Å². The van der Waals surface area contributed by atoms with Crippen molar-refractivity contribution in [1.29, 1.82) is 0 Å². The Balaban J connectivity index is 3.09. The molecular weight excluding hydrogens is 170 g/mol. The van der Waals surface area contributed by atoms with Gasteiger partial charge in [0.1, 0.15) is 0 Å². The average molecular weight is 182 g/mol. The van der Waals surface area contributed by atoms with Crippen molar-refractivity contribution < 1.29 is 4.79 Å². The number of thioether (sulfide) groups is 1. The molecule has 4 heteroatoms. The van der Waals surface area contributed by atoms with Gasteiger partial charge >= 0.3 is 0 Å². The van der Waals surface area contributed by atoms with E-state index in [2.05, 4.69) is 5.32 Å². The van der Waals surface area contributed by atoms with Crippen molar-refractivity contribution in [2.24, 2.45) is 0 Å². The Kier molecular flexibility index (Phi) is 7.30. The highest BCUT2D eigenvalue weighted by Gasteiger charge is 1.97. The number of amides is 1. The number of hydrogen-bond donors (Lipinski definition) is 1. The topological polar surface area (TPSA) is 29.1 Å². The van der Waals surface area contributed by atoms with Gasteiger partial charge in [-0.2, -0.15) is 0 Å². The molecule has 0 aliphatic heterocycles. The number of hydrogen-bond acceptors (Lipinski definition) is 2. The molecule has 1 N–H and O–H groups in total. The largest absolute Gasteiger partial charge is 0.346 e. The molecular formula is C6H12ClNOS. The summed E-state index contributed by atoms with van der Waals surface area (Å²) in [5.41, 5.74) is 0. The van der Waals surface area contributed by atoms with Crippen LogP contribution in [0.5, 0.6) is 0 Å². The monoisotopic (exact) mass is 181 g/mol. The SMILES string of the molecule is CCCSC(=O)NCCCl. The Hall–Kier alpha value is 0.110. The second kappa shape index (κ2) is 7.22. The van der Waals surface area contributed by atoms with Crippen LogP contribution in [0.2, 0.25) is 0 Å². The van der Waals surface area contributed by atoms with Gasteiger partial charge in [0.25, 0.3) is 5.24 Å². The summed E-state index contributed by atoms with van der Waals surface area (Å²) >= 11 is 6.66. The van der Waals surface area contributed by atoms with Gasteiger partial charge in [0.15, 0.2) is 0 Å². The lowest BCUT2D eigenvalue weighted by molar-refractivity contribution is 0.261. The van der Waals surface area contributed by atoms with Gasteiger partial charge in [0.2, 0.25) is 0 Å². The van der Waals surface area contributed by atoms with Crippen LogP contribution in [0.15, 0.2) is 0 Å². The summed E-state index contributed by atoms with van der Waals surface area (Å²) in [6.45, 7) is 2.61. The van der Waals surface area contributed by atoms with Crippen molar-refractivity contribution in [1.82, 2.24) is 5.32 Å². The van der Waals surface area contributed by atoms with E-state index in [9.17, 15) is 4.79 Å². The van der Waals surface area contributed by atoms with Crippen LogP contribution in [0.4, 0.5) is 4.79 Å². The molecule has 2 nitrogen and oxygen atoms in total. The highest BCUT2D eigenvalue weighted by atomic mass is 35.5. The van der Waals surface area contributed by atoms with Crippen LogP contribution in [0.25, 0.3) is 0 Å². The van der Waals surface area contributed by atoms with E-state index in [0.29, 0.717) is 12.4 Å². The molecule has 0 radical (unpaired) electrons. The molecule has 0 atom stereocenters.